The first-order chi connectivity index (χ1) is 13.1. The number of benzene rings is 1. The molecule has 0 saturated carbocycles. The van der Waals surface area contributed by atoms with E-state index in [1.165, 1.54) is 6.20 Å². The number of carboxylic acid groups (broad SMARTS) is 1. The van der Waals surface area contributed by atoms with Crippen molar-refractivity contribution < 1.29 is 19.5 Å². The van der Waals surface area contributed by atoms with Crippen molar-refractivity contribution >= 4 is 17.8 Å². The molecule has 1 heterocycles. The average molecular weight is 369 g/mol. The van der Waals surface area contributed by atoms with Gasteiger partial charge in [-0.2, -0.15) is 0 Å². The smallest absolute Gasteiger partial charge is 0.303 e. The van der Waals surface area contributed by atoms with Gasteiger partial charge in [0.25, 0.3) is 11.8 Å². The van der Waals surface area contributed by atoms with Crippen LogP contribution in [-0.2, 0) is 4.79 Å². The Morgan fingerprint density at radius 2 is 1.67 bits per heavy atom. The van der Waals surface area contributed by atoms with Crippen LogP contribution in [0.1, 0.15) is 40.1 Å². The number of hydrogen-bond donors (Lipinski definition) is 3. The van der Waals surface area contributed by atoms with Crippen molar-refractivity contribution in [3.05, 3.63) is 66.0 Å². The van der Waals surface area contributed by atoms with Crippen LogP contribution in [0.15, 0.2) is 54.7 Å². The normalized spacial score (nSPS) is 11.4. The highest BCUT2D eigenvalue weighted by molar-refractivity contribution is 5.94. The minimum absolute atomic E-state index is 0.0107. The molecule has 7 heteroatoms. The molecule has 1 aromatic heterocycles. The molecule has 1 unspecified atom stereocenters. The molecule has 0 aliphatic carbocycles. The lowest BCUT2D eigenvalue weighted by molar-refractivity contribution is -0.137. The van der Waals surface area contributed by atoms with E-state index in [4.69, 9.17) is 5.11 Å². The zero-order valence-corrected chi connectivity index (χ0v) is 14.9. The Morgan fingerprint density at radius 1 is 0.926 bits per heavy atom. The summed E-state index contributed by atoms with van der Waals surface area (Å²) < 4.78 is 0. The van der Waals surface area contributed by atoms with Gasteiger partial charge in [-0.15, -0.1) is 0 Å². The van der Waals surface area contributed by atoms with Crippen LogP contribution in [0.3, 0.4) is 0 Å². The predicted octanol–water partition coefficient (Wildman–Crippen LogP) is 2.11. The first kappa shape index (κ1) is 20.1. The van der Waals surface area contributed by atoms with Crippen molar-refractivity contribution in [2.24, 2.45) is 5.92 Å². The Bertz CT molecular complexity index is 750. The van der Waals surface area contributed by atoms with Gasteiger partial charge in [-0.25, -0.2) is 0 Å². The van der Waals surface area contributed by atoms with E-state index in [1.807, 2.05) is 6.07 Å². The van der Waals surface area contributed by atoms with Gasteiger partial charge in [0.15, 0.2) is 0 Å². The third-order valence-corrected chi connectivity index (χ3v) is 4.09. The number of carbonyl (C=O) groups excluding carboxylic acids is 2. The zero-order valence-electron chi connectivity index (χ0n) is 14.9. The maximum atomic E-state index is 12.1. The number of nitrogens with one attached hydrogen (secondary N) is 2. The number of nitrogens with zero attached hydrogens (tertiary/aromatic N) is 1. The Morgan fingerprint density at radius 3 is 2.33 bits per heavy atom. The van der Waals surface area contributed by atoms with Crippen molar-refractivity contribution in [3.8, 4) is 0 Å². The fourth-order valence-electron chi connectivity index (χ4n) is 2.58. The molecular formula is C20H23N3O4. The fraction of sp³-hybridized carbons (Fsp3) is 0.300. The van der Waals surface area contributed by atoms with E-state index in [9.17, 15) is 14.4 Å². The molecule has 7 nitrogen and oxygen atoms in total. The monoisotopic (exact) mass is 369 g/mol. The molecule has 27 heavy (non-hydrogen) atoms. The molecule has 0 aliphatic heterocycles. The molecule has 1 atom stereocenters. The minimum atomic E-state index is -0.885. The Balaban J connectivity index is 1.83. The molecule has 0 bridgehead atoms. The summed E-state index contributed by atoms with van der Waals surface area (Å²) in [4.78, 5) is 39.0. The van der Waals surface area contributed by atoms with Gasteiger partial charge in [0.05, 0.1) is 0 Å². The molecule has 142 valence electrons. The van der Waals surface area contributed by atoms with Crippen molar-refractivity contribution in [1.29, 1.82) is 0 Å². The highest BCUT2D eigenvalue weighted by Crippen LogP contribution is 2.11. The number of aromatic nitrogens is 1. The molecule has 1 aromatic carbocycles. The van der Waals surface area contributed by atoms with E-state index in [0.717, 1.165) is 0 Å². The van der Waals surface area contributed by atoms with Crippen molar-refractivity contribution in [1.82, 2.24) is 15.6 Å². The fourth-order valence-corrected chi connectivity index (χ4v) is 2.58. The zero-order chi connectivity index (χ0) is 19.5. The summed E-state index contributed by atoms with van der Waals surface area (Å²) in [6.45, 7) is 0.724. The maximum Gasteiger partial charge on any atom is 0.303 e. The maximum absolute atomic E-state index is 12.1. The summed E-state index contributed by atoms with van der Waals surface area (Å²) in [5.74, 6) is -1.43. The van der Waals surface area contributed by atoms with Crippen LogP contribution in [-0.4, -0.2) is 41.0 Å². The van der Waals surface area contributed by atoms with Gasteiger partial charge >= 0.3 is 5.97 Å². The van der Waals surface area contributed by atoms with Gasteiger partial charge in [0.2, 0.25) is 0 Å². The van der Waals surface area contributed by atoms with Crippen LogP contribution < -0.4 is 10.6 Å². The number of carboxylic acids is 1. The number of rotatable bonds is 10. The number of pyridine rings is 1. The lowest BCUT2D eigenvalue weighted by Crippen LogP contribution is -2.33. The van der Waals surface area contributed by atoms with Crippen LogP contribution in [0, 0.1) is 5.92 Å². The Labute approximate surface area is 157 Å². The molecular weight excluding hydrogens is 346 g/mol. The van der Waals surface area contributed by atoms with E-state index in [0.29, 0.717) is 37.2 Å². The van der Waals surface area contributed by atoms with Crippen LogP contribution in [0.4, 0.5) is 0 Å². The summed E-state index contributed by atoms with van der Waals surface area (Å²) >= 11 is 0. The average Bonchev–Trinajstić information content (AvgIpc) is 2.70. The van der Waals surface area contributed by atoms with Crippen LogP contribution in [0.2, 0.25) is 0 Å². The number of hydrogen-bond acceptors (Lipinski definition) is 4. The van der Waals surface area contributed by atoms with Crippen molar-refractivity contribution in [2.75, 3.05) is 13.1 Å². The van der Waals surface area contributed by atoms with E-state index in [-0.39, 0.29) is 24.2 Å². The molecule has 0 spiro atoms. The predicted molar refractivity (Wildman–Crippen MR) is 100 cm³/mol. The van der Waals surface area contributed by atoms with Crippen LogP contribution >= 0.6 is 0 Å². The quantitative estimate of drug-likeness (QED) is 0.594. The summed E-state index contributed by atoms with van der Waals surface area (Å²) in [5, 5.41) is 14.5. The molecule has 0 aliphatic rings. The molecule has 2 amide bonds. The number of aliphatic carboxylic acids is 1. The van der Waals surface area contributed by atoms with Crippen molar-refractivity contribution in [2.45, 2.75) is 19.3 Å². The lowest BCUT2D eigenvalue weighted by Gasteiger charge is -2.17. The molecule has 0 radical (unpaired) electrons. The molecule has 0 fully saturated rings. The van der Waals surface area contributed by atoms with Gasteiger partial charge < -0.3 is 15.7 Å². The molecule has 0 saturated heterocycles. The molecule has 3 N–H and O–H groups in total. The summed E-state index contributed by atoms with van der Waals surface area (Å²) in [6.07, 6.45) is 2.53. The second kappa shape index (κ2) is 10.7. The first-order valence-electron chi connectivity index (χ1n) is 8.80. The van der Waals surface area contributed by atoms with E-state index >= 15 is 0 Å². The molecule has 2 rings (SSSR count). The second-order valence-electron chi connectivity index (χ2n) is 6.13. The van der Waals surface area contributed by atoms with E-state index in [1.54, 1.807) is 42.5 Å². The van der Waals surface area contributed by atoms with Gasteiger partial charge in [-0.05, 0) is 43.0 Å². The molecule has 2 aromatic rings. The highest BCUT2D eigenvalue weighted by Gasteiger charge is 2.14. The van der Waals surface area contributed by atoms with Gasteiger partial charge in [0.1, 0.15) is 5.69 Å². The third kappa shape index (κ3) is 7.27. The standard InChI is InChI=1S/C20H23N3O4/c24-18(25)10-9-15(14-23-20(27)17-8-4-5-12-21-17)11-13-22-19(26)16-6-2-1-3-7-16/h1-8,12,15H,9-11,13-14H2,(H,22,26)(H,23,27)(H,24,25). The SMILES string of the molecule is O=C(O)CCC(CCNC(=O)c1ccccc1)CNC(=O)c1ccccn1. The van der Waals surface area contributed by atoms with Crippen LogP contribution in [0.25, 0.3) is 0 Å². The van der Waals surface area contributed by atoms with E-state index < -0.39 is 5.97 Å². The van der Waals surface area contributed by atoms with Crippen LogP contribution in [0.5, 0.6) is 0 Å². The topological polar surface area (TPSA) is 108 Å². The number of carbonyl (C=O) groups is 3. The lowest BCUT2D eigenvalue weighted by atomic mass is 9.99. The minimum Gasteiger partial charge on any atom is -0.481 e. The Kier molecular flexibility index (Phi) is 7.96. The van der Waals surface area contributed by atoms with Gasteiger partial charge in [-0.1, -0.05) is 24.3 Å². The summed E-state index contributed by atoms with van der Waals surface area (Å²) in [5.41, 5.74) is 0.884. The van der Waals surface area contributed by atoms with E-state index in [2.05, 4.69) is 15.6 Å². The van der Waals surface area contributed by atoms with Crippen molar-refractivity contribution in [3.63, 3.8) is 0 Å². The third-order valence-electron chi connectivity index (χ3n) is 4.09. The first-order valence-corrected chi connectivity index (χ1v) is 8.80. The summed E-state index contributed by atoms with van der Waals surface area (Å²) in [6, 6.07) is 13.9. The Hall–Kier alpha value is -3.22. The second-order valence-corrected chi connectivity index (χ2v) is 6.13. The van der Waals surface area contributed by atoms with Gasteiger partial charge in [0, 0.05) is 31.3 Å². The van der Waals surface area contributed by atoms with Gasteiger partial charge in [-0.3, -0.25) is 19.4 Å². The summed E-state index contributed by atoms with van der Waals surface area (Å²) in [7, 11) is 0. The largest absolute Gasteiger partial charge is 0.481 e. The highest BCUT2D eigenvalue weighted by atomic mass is 16.4. The number of amides is 2.